The molecule has 2 heteroatoms. The molecular formula is C15H10IrN-. The van der Waals surface area contributed by atoms with Crippen LogP contribution in [0.1, 0.15) is 0 Å². The summed E-state index contributed by atoms with van der Waals surface area (Å²) in [6.45, 7) is 0. The van der Waals surface area contributed by atoms with Crippen molar-refractivity contribution in [3.8, 4) is 11.3 Å². The Hall–Kier alpha value is -1.50. The molecule has 0 atom stereocenters. The van der Waals surface area contributed by atoms with Crippen molar-refractivity contribution in [3.63, 3.8) is 0 Å². The summed E-state index contributed by atoms with van der Waals surface area (Å²) in [7, 11) is 0. The molecule has 1 nitrogen and oxygen atoms in total. The van der Waals surface area contributed by atoms with E-state index in [2.05, 4.69) is 35.4 Å². The molecule has 0 aliphatic carbocycles. The molecule has 17 heavy (non-hydrogen) atoms. The van der Waals surface area contributed by atoms with Crippen molar-refractivity contribution in [1.29, 1.82) is 0 Å². The van der Waals surface area contributed by atoms with Crippen LogP contribution >= 0.6 is 0 Å². The van der Waals surface area contributed by atoms with Gasteiger partial charge in [0.1, 0.15) is 0 Å². The third-order valence-corrected chi connectivity index (χ3v) is 2.66. The van der Waals surface area contributed by atoms with Crippen molar-refractivity contribution in [3.05, 3.63) is 66.9 Å². The van der Waals surface area contributed by atoms with E-state index in [1.165, 1.54) is 10.8 Å². The minimum absolute atomic E-state index is 0. The largest absolute Gasteiger partial charge is 0.386 e. The number of aromatic nitrogens is 1. The summed E-state index contributed by atoms with van der Waals surface area (Å²) in [6.07, 6.45) is 2.95. The van der Waals surface area contributed by atoms with Gasteiger partial charge in [-0.3, -0.25) is 0 Å². The van der Waals surface area contributed by atoms with Gasteiger partial charge in [0.25, 0.3) is 0 Å². The van der Waals surface area contributed by atoms with E-state index in [1.807, 2.05) is 36.4 Å². The van der Waals surface area contributed by atoms with Crippen LogP contribution in [-0.4, -0.2) is 4.98 Å². The van der Waals surface area contributed by atoms with Crippen LogP contribution < -0.4 is 0 Å². The van der Waals surface area contributed by atoms with E-state index in [-0.39, 0.29) is 20.1 Å². The molecule has 85 valence electrons. The quantitative estimate of drug-likeness (QED) is 0.572. The first-order chi connectivity index (χ1) is 7.95. The molecular weight excluding hydrogens is 386 g/mol. The van der Waals surface area contributed by atoms with E-state index in [1.54, 1.807) is 0 Å². The Bertz CT molecular complexity index is 615. The average molecular weight is 396 g/mol. The molecule has 0 amide bonds. The molecule has 3 rings (SSSR count). The van der Waals surface area contributed by atoms with Gasteiger partial charge in [-0.2, -0.15) is 6.07 Å². The van der Waals surface area contributed by atoms with Crippen LogP contribution in [0.25, 0.3) is 22.0 Å². The molecule has 0 spiro atoms. The predicted octanol–water partition coefficient (Wildman–Crippen LogP) is 3.70. The first-order valence-corrected chi connectivity index (χ1v) is 5.26. The van der Waals surface area contributed by atoms with Gasteiger partial charge in [-0.15, -0.1) is 16.8 Å². The number of hydrogen-bond acceptors (Lipinski definition) is 1. The Balaban J connectivity index is 0.00000108. The third-order valence-electron chi connectivity index (χ3n) is 2.66. The van der Waals surface area contributed by atoms with Crippen LogP contribution in [0.5, 0.6) is 0 Å². The molecule has 0 unspecified atom stereocenters. The predicted molar refractivity (Wildman–Crippen MR) is 66.0 cm³/mol. The monoisotopic (exact) mass is 397 g/mol. The van der Waals surface area contributed by atoms with Crippen LogP contribution in [0.2, 0.25) is 0 Å². The molecule has 1 heterocycles. The third kappa shape index (κ3) is 2.28. The fraction of sp³-hybridized carbons (Fsp3) is 0. The fourth-order valence-electron chi connectivity index (χ4n) is 1.88. The van der Waals surface area contributed by atoms with Gasteiger partial charge in [-0.1, -0.05) is 60.3 Å². The Morgan fingerprint density at radius 3 is 2.35 bits per heavy atom. The summed E-state index contributed by atoms with van der Waals surface area (Å²) in [5.74, 6) is 0. The molecule has 2 aromatic carbocycles. The maximum Gasteiger partial charge on any atom is 0 e. The standard InChI is InChI=1S/C15H10N.Ir/c1-2-7-13(8-3-1)15-14-9-5-4-6-12(14)10-11-16-15;/h1-10H;/q-1;. The zero-order valence-corrected chi connectivity index (χ0v) is 11.4. The molecule has 0 fully saturated rings. The van der Waals surface area contributed by atoms with Crippen molar-refractivity contribution in [2.45, 2.75) is 0 Å². The number of nitrogens with zero attached hydrogens (tertiary/aromatic N) is 1. The fourth-order valence-corrected chi connectivity index (χ4v) is 1.88. The molecule has 3 aromatic rings. The number of pyridine rings is 1. The Labute approximate surface area is 114 Å². The van der Waals surface area contributed by atoms with Gasteiger partial charge in [0.05, 0.1) is 0 Å². The number of rotatable bonds is 1. The Kier molecular flexibility index (Phi) is 3.68. The summed E-state index contributed by atoms with van der Waals surface area (Å²) in [4.78, 5) is 4.35. The topological polar surface area (TPSA) is 12.9 Å². The minimum atomic E-state index is 0. The van der Waals surface area contributed by atoms with Crippen LogP contribution in [-0.2, 0) is 20.1 Å². The van der Waals surface area contributed by atoms with E-state index >= 15 is 0 Å². The van der Waals surface area contributed by atoms with Crippen molar-refractivity contribution in [2.75, 3.05) is 0 Å². The molecule has 1 aromatic heterocycles. The number of benzene rings is 2. The molecule has 1 radical (unpaired) electrons. The Morgan fingerprint density at radius 2 is 1.53 bits per heavy atom. The van der Waals surface area contributed by atoms with E-state index in [0.717, 1.165) is 11.3 Å². The van der Waals surface area contributed by atoms with E-state index in [0.29, 0.717) is 0 Å². The maximum absolute atomic E-state index is 4.35. The van der Waals surface area contributed by atoms with E-state index < -0.39 is 0 Å². The van der Waals surface area contributed by atoms with Crippen molar-refractivity contribution in [2.24, 2.45) is 0 Å². The zero-order valence-electron chi connectivity index (χ0n) is 9.05. The number of hydrogen-bond donors (Lipinski definition) is 0. The van der Waals surface area contributed by atoms with Crippen LogP contribution in [0.15, 0.2) is 60.7 Å². The second kappa shape index (κ2) is 5.22. The SMILES string of the molecule is [Ir].[c-]1cc2ccccc2c(-c2ccccc2)n1. The molecule has 0 N–H and O–H groups in total. The minimum Gasteiger partial charge on any atom is -0.386 e. The molecule has 0 saturated carbocycles. The van der Waals surface area contributed by atoms with Crippen molar-refractivity contribution >= 4 is 10.8 Å². The van der Waals surface area contributed by atoms with E-state index in [9.17, 15) is 0 Å². The molecule has 0 aliphatic heterocycles. The van der Waals surface area contributed by atoms with Gasteiger partial charge in [0.2, 0.25) is 0 Å². The van der Waals surface area contributed by atoms with Crippen LogP contribution in [0.3, 0.4) is 0 Å². The Morgan fingerprint density at radius 1 is 0.824 bits per heavy atom. The van der Waals surface area contributed by atoms with Crippen molar-refractivity contribution in [1.82, 2.24) is 4.98 Å². The smallest absolute Gasteiger partial charge is 0 e. The van der Waals surface area contributed by atoms with Gasteiger partial charge < -0.3 is 4.98 Å². The molecule has 0 bridgehead atoms. The zero-order chi connectivity index (χ0) is 10.8. The van der Waals surface area contributed by atoms with E-state index in [4.69, 9.17) is 0 Å². The van der Waals surface area contributed by atoms with Crippen LogP contribution in [0.4, 0.5) is 0 Å². The summed E-state index contributed by atoms with van der Waals surface area (Å²) < 4.78 is 0. The summed E-state index contributed by atoms with van der Waals surface area (Å²) in [5, 5.41) is 2.35. The summed E-state index contributed by atoms with van der Waals surface area (Å²) in [6, 6.07) is 20.4. The normalized spacial score (nSPS) is 9.88. The summed E-state index contributed by atoms with van der Waals surface area (Å²) in [5.41, 5.74) is 2.13. The average Bonchev–Trinajstić information content (AvgIpc) is 2.39. The second-order valence-electron chi connectivity index (χ2n) is 3.69. The molecule has 0 saturated heterocycles. The summed E-state index contributed by atoms with van der Waals surface area (Å²) >= 11 is 0. The second-order valence-corrected chi connectivity index (χ2v) is 3.69. The van der Waals surface area contributed by atoms with Crippen LogP contribution in [0, 0.1) is 6.20 Å². The van der Waals surface area contributed by atoms with Gasteiger partial charge in [-0.05, 0) is 5.69 Å². The van der Waals surface area contributed by atoms with Gasteiger partial charge in [0.15, 0.2) is 0 Å². The maximum atomic E-state index is 4.35. The first kappa shape index (κ1) is 12.0. The van der Waals surface area contributed by atoms with Gasteiger partial charge in [-0.25, -0.2) is 0 Å². The van der Waals surface area contributed by atoms with Crippen molar-refractivity contribution < 1.29 is 20.1 Å². The molecule has 0 aliphatic rings. The first-order valence-electron chi connectivity index (χ1n) is 5.26. The van der Waals surface area contributed by atoms with Gasteiger partial charge >= 0.3 is 0 Å². The van der Waals surface area contributed by atoms with Gasteiger partial charge in [0, 0.05) is 20.1 Å². The number of fused-ring (bicyclic) bond motifs is 1.